The Balaban J connectivity index is 1.60. The lowest BCUT2D eigenvalue weighted by Gasteiger charge is -2.07. The zero-order chi connectivity index (χ0) is 16.9. The van der Waals surface area contributed by atoms with Crippen LogP contribution in [0.3, 0.4) is 0 Å². The van der Waals surface area contributed by atoms with Crippen LogP contribution < -0.4 is 5.32 Å². The first kappa shape index (κ1) is 15.5. The van der Waals surface area contributed by atoms with Crippen LogP contribution in [0.25, 0.3) is 11.0 Å². The maximum Gasteiger partial charge on any atom is 0.338 e. The predicted molar refractivity (Wildman–Crippen MR) is 84.9 cm³/mol. The van der Waals surface area contributed by atoms with Crippen molar-refractivity contribution in [1.82, 2.24) is 9.97 Å². The quantitative estimate of drug-likeness (QED) is 0.746. The van der Waals surface area contributed by atoms with Crippen LogP contribution in [0.1, 0.15) is 10.4 Å². The van der Waals surface area contributed by atoms with Crippen LogP contribution in [-0.2, 0) is 9.53 Å². The molecule has 7 heteroatoms. The number of hydrogen-bond acceptors (Lipinski definition) is 5. The highest BCUT2D eigenvalue weighted by Crippen LogP contribution is 2.12. The second kappa shape index (κ2) is 6.82. The summed E-state index contributed by atoms with van der Waals surface area (Å²) in [6, 6.07) is 10.2. The van der Waals surface area contributed by atoms with Gasteiger partial charge in [0, 0.05) is 18.1 Å². The lowest BCUT2D eigenvalue weighted by molar-refractivity contribution is -0.119. The fraction of sp³-hybridized carbons (Fsp3) is 0.0588. The molecule has 0 aliphatic rings. The number of rotatable bonds is 4. The molecule has 0 spiro atoms. The highest BCUT2D eigenvalue weighted by atomic mass is 19.1. The molecular formula is C17H12FN3O3. The number of fused-ring (bicyclic) bond motifs is 1. The molecule has 0 atom stereocenters. The zero-order valence-corrected chi connectivity index (χ0v) is 12.4. The molecule has 0 fully saturated rings. The average Bonchev–Trinajstić information content (AvgIpc) is 2.59. The van der Waals surface area contributed by atoms with E-state index in [1.165, 1.54) is 36.5 Å². The number of aromatic nitrogens is 2. The highest BCUT2D eigenvalue weighted by Gasteiger charge is 2.11. The molecule has 0 bridgehead atoms. The van der Waals surface area contributed by atoms with E-state index < -0.39 is 24.3 Å². The van der Waals surface area contributed by atoms with Crippen molar-refractivity contribution >= 4 is 28.6 Å². The van der Waals surface area contributed by atoms with Gasteiger partial charge in [0.2, 0.25) is 0 Å². The summed E-state index contributed by atoms with van der Waals surface area (Å²) < 4.78 is 18.0. The summed E-state index contributed by atoms with van der Waals surface area (Å²) in [5.74, 6) is -1.69. The molecule has 6 nitrogen and oxygen atoms in total. The van der Waals surface area contributed by atoms with E-state index in [1.807, 2.05) is 0 Å². The monoisotopic (exact) mass is 325 g/mol. The first-order chi connectivity index (χ1) is 11.6. The third-order valence-electron chi connectivity index (χ3n) is 3.15. The number of hydrogen-bond donors (Lipinski definition) is 1. The van der Waals surface area contributed by atoms with E-state index in [-0.39, 0.29) is 11.3 Å². The van der Waals surface area contributed by atoms with Crippen LogP contribution in [0.4, 0.5) is 10.1 Å². The van der Waals surface area contributed by atoms with Crippen LogP contribution in [0, 0.1) is 5.82 Å². The third kappa shape index (κ3) is 3.70. The fourth-order valence-electron chi connectivity index (χ4n) is 2.07. The summed E-state index contributed by atoms with van der Waals surface area (Å²) in [6.45, 7) is -0.478. The van der Waals surface area contributed by atoms with Gasteiger partial charge in [0.1, 0.15) is 5.82 Å². The number of anilines is 1. The molecule has 1 amide bonds. The molecule has 3 aromatic rings. The Hall–Kier alpha value is -3.35. The first-order valence-corrected chi connectivity index (χ1v) is 7.05. The van der Waals surface area contributed by atoms with Crippen molar-refractivity contribution < 1.29 is 18.7 Å². The van der Waals surface area contributed by atoms with Gasteiger partial charge in [-0.15, -0.1) is 0 Å². The van der Waals surface area contributed by atoms with Crippen molar-refractivity contribution in [3.8, 4) is 0 Å². The van der Waals surface area contributed by atoms with Gasteiger partial charge in [0.05, 0.1) is 16.6 Å². The molecule has 1 heterocycles. The van der Waals surface area contributed by atoms with Crippen molar-refractivity contribution in [3.05, 3.63) is 66.2 Å². The molecular weight excluding hydrogens is 313 g/mol. The maximum atomic E-state index is 13.0. The molecule has 0 aliphatic carbocycles. The minimum Gasteiger partial charge on any atom is -0.452 e. The van der Waals surface area contributed by atoms with Crippen LogP contribution in [0.15, 0.2) is 54.9 Å². The molecule has 0 saturated heterocycles. The van der Waals surface area contributed by atoms with Crippen LogP contribution in [0.2, 0.25) is 0 Å². The normalized spacial score (nSPS) is 10.4. The average molecular weight is 325 g/mol. The Kier molecular flexibility index (Phi) is 4.42. The van der Waals surface area contributed by atoms with Crippen molar-refractivity contribution in [2.24, 2.45) is 0 Å². The fourth-order valence-corrected chi connectivity index (χ4v) is 2.07. The largest absolute Gasteiger partial charge is 0.452 e. The van der Waals surface area contributed by atoms with Gasteiger partial charge in [-0.3, -0.25) is 14.8 Å². The molecule has 1 N–H and O–H groups in total. The van der Waals surface area contributed by atoms with E-state index in [1.54, 1.807) is 18.3 Å². The number of esters is 1. The van der Waals surface area contributed by atoms with Crippen molar-refractivity contribution in [3.63, 3.8) is 0 Å². The Bertz CT molecular complexity index is 914. The summed E-state index contributed by atoms with van der Waals surface area (Å²) in [5.41, 5.74) is 1.76. The van der Waals surface area contributed by atoms with Crippen molar-refractivity contribution in [1.29, 1.82) is 0 Å². The highest BCUT2D eigenvalue weighted by molar-refractivity contribution is 5.97. The van der Waals surface area contributed by atoms with E-state index in [0.717, 1.165) is 0 Å². The molecule has 0 aliphatic heterocycles. The number of benzene rings is 2. The molecule has 0 unspecified atom stereocenters. The number of carbonyl (C=O) groups is 2. The number of ether oxygens (including phenoxy) is 1. The van der Waals surface area contributed by atoms with Gasteiger partial charge >= 0.3 is 5.97 Å². The summed E-state index contributed by atoms with van der Waals surface area (Å²) in [5, 5.41) is 2.44. The van der Waals surface area contributed by atoms with Gasteiger partial charge in [0.25, 0.3) is 5.91 Å². The van der Waals surface area contributed by atoms with Gasteiger partial charge in [-0.1, -0.05) is 6.07 Å². The number of carbonyl (C=O) groups excluding carboxylic acids is 2. The SMILES string of the molecule is O=C(COC(=O)c1ccc2nccnc2c1)Nc1cccc(F)c1. The minimum atomic E-state index is -0.656. The smallest absolute Gasteiger partial charge is 0.338 e. The van der Waals surface area contributed by atoms with E-state index >= 15 is 0 Å². The Labute approximate surface area is 136 Å². The number of nitrogens with zero attached hydrogens (tertiary/aromatic N) is 2. The van der Waals surface area contributed by atoms with Gasteiger partial charge in [-0.25, -0.2) is 9.18 Å². The van der Waals surface area contributed by atoms with Gasteiger partial charge in [0.15, 0.2) is 6.61 Å². The molecule has 2 aromatic carbocycles. The number of nitrogens with one attached hydrogen (secondary N) is 1. The lowest BCUT2D eigenvalue weighted by Crippen LogP contribution is -2.21. The van der Waals surface area contributed by atoms with E-state index in [4.69, 9.17) is 4.74 Å². The van der Waals surface area contributed by atoms with Crippen LogP contribution >= 0.6 is 0 Å². The van der Waals surface area contributed by atoms with Crippen LogP contribution in [0.5, 0.6) is 0 Å². The van der Waals surface area contributed by atoms with Gasteiger partial charge < -0.3 is 10.1 Å². The Morgan fingerprint density at radius 1 is 1.04 bits per heavy atom. The Morgan fingerprint density at radius 3 is 2.62 bits per heavy atom. The molecule has 24 heavy (non-hydrogen) atoms. The second-order valence-electron chi connectivity index (χ2n) is 4.89. The first-order valence-electron chi connectivity index (χ1n) is 7.05. The molecule has 1 aromatic heterocycles. The van der Waals surface area contributed by atoms with E-state index in [9.17, 15) is 14.0 Å². The summed E-state index contributed by atoms with van der Waals surface area (Å²) >= 11 is 0. The maximum absolute atomic E-state index is 13.0. The summed E-state index contributed by atoms with van der Waals surface area (Å²) in [7, 11) is 0. The molecule has 0 radical (unpaired) electrons. The van der Waals surface area contributed by atoms with E-state index in [0.29, 0.717) is 11.0 Å². The summed E-state index contributed by atoms with van der Waals surface area (Å²) in [4.78, 5) is 31.9. The molecule has 0 saturated carbocycles. The second-order valence-corrected chi connectivity index (χ2v) is 4.89. The van der Waals surface area contributed by atoms with Gasteiger partial charge in [-0.05, 0) is 36.4 Å². The summed E-state index contributed by atoms with van der Waals surface area (Å²) in [6.07, 6.45) is 3.07. The van der Waals surface area contributed by atoms with Gasteiger partial charge in [-0.2, -0.15) is 0 Å². The van der Waals surface area contributed by atoms with Crippen LogP contribution in [-0.4, -0.2) is 28.5 Å². The van der Waals surface area contributed by atoms with Crippen molar-refractivity contribution in [2.45, 2.75) is 0 Å². The lowest BCUT2D eigenvalue weighted by atomic mass is 10.2. The number of halogens is 1. The number of amides is 1. The zero-order valence-electron chi connectivity index (χ0n) is 12.4. The molecule has 3 rings (SSSR count). The van der Waals surface area contributed by atoms with E-state index in [2.05, 4.69) is 15.3 Å². The molecule has 120 valence electrons. The minimum absolute atomic E-state index is 0.265. The van der Waals surface area contributed by atoms with Crippen molar-refractivity contribution in [2.75, 3.05) is 11.9 Å². The predicted octanol–water partition coefficient (Wildman–Crippen LogP) is 2.56. The third-order valence-corrected chi connectivity index (χ3v) is 3.15. The topological polar surface area (TPSA) is 81.2 Å². The Morgan fingerprint density at radius 2 is 1.83 bits per heavy atom. The standard InChI is InChI=1S/C17H12FN3O3/c18-12-2-1-3-13(9-12)21-16(22)10-24-17(23)11-4-5-14-15(8-11)20-7-6-19-14/h1-9H,10H2,(H,21,22).